The number of pyridine rings is 1. The third kappa shape index (κ3) is 10.4. The molecule has 1 fully saturated rings. The topological polar surface area (TPSA) is 73.8 Å². The van der Waals surface area contributed by atoms with Crippen LogP contribution in [0.5, 0.6) is 0 Å². The smallest absolute Gasteiger partial charge is 0.191 e. The van der Waals surface area contributed by atoms with Crippen LogP contribution in [0.2, 0.25) is 0 Å². The molecule has 0 saturated carbocycles. The number of morpholine rings is 1. The van der Waals surface area contributed by atoms with Crippen molar-refractivity contribution in [2.75, 3.05) is 58.2 Å². The molecule has 160 valence electrons. The van der Waals surface area contributed by atoms with Crippen LogP contribution in [0.4, 0.5) is 5.82 Å². The molecule has 2 heterocycles. The van der Waals surface area contributed by atoms with Crippen molar-refractivity contribution in [2.45, 2.75) is 32.8 Å². The molecule has 1 atom stereocenters. The number of anilines is 1. The number of ether oxygens (including phenoxy) is 1. The summed E-state index contributed by atoms with van der Waals surface area (Å²) in [5.41, 5.74) is 0. The van der Waals surface area contributed by atoms with Gasteiger partial charge in [-0.25, -0.2) is 4.98 Å². The molecule has 1 aliphatic rings. The maximum absolute atomic E-state index is 5.88. The summed E-state index contributed by atoms with van der Waals surface area (Å²) in [5, 5.41) is 10.1. The minimum Gasteiger partial charge on any atom is -0.374 e. The molecule has 0 aliphatic carbocycles. The van der Waals surface area contributed by atoms with Crippen LogP contribution >= 0.6 is 24.0 Å². The van der Waals surface area contributed by atoms with Gasteiger partial charge in [0.05, 0.1) is 12.7 Å². The number of aliphatic imine (C=N–C) groups is 1. The van der Waals surface area contributed by atoms with E-state index in [1.54, 1.807) is 6.20 Å². The molecule has 28 heavy (non-hydrogen) atoms. The van der Waals surface area contributed by atoms with E-state index in [4.69, 9.17) is 4.74 Å². The van der Waals surface area contributed by atoms with E-state index in [1.165, 1.54) is 0 Å². The zero-order chi connectivity index (χ0) is 19.3. The number of aromatic nitrogens is 1. The van der Waals surface area contributed by atoms with Crippen LogP contribution in [0.1, 0.15) is 26.7 Å². The monoisotopic (exact) mass is 504 g/mol. The van der Waals surface area contributed by atoms with Gasteiger partial charge >= 0.3 is 0 Å². The van der Waals surface area contributed by atoms with E-state index in [9.17, 15) is 0 Å². The summed E-state index contributed by atoms with van der Waals surface area (Å²) in [6, 6.07) is 5.90. The Morgan fingerprint density at radius 2 is 2.11 bits per heavy atom. The minimum atomic E-state index is 0. The summed E-state index contributed by atoms with van der Waals surface area (Å²) < 4.78 is 5.88. The molecule has 1 aromatic heterocycles. The number of hydrogen-bond acceptors (Lipinski definition) is 5. The van der Waals surface area contributed by atoms with Crippen molar-refractivity contribution in [3.8, 4) is 0 Å². The average Bonchev–Trinajstić information content (AvgIpc) is 2.67. The summed E-state index contributed by atoms with van der Waals surface area (Å²) in [7, 11) is 1.81. The van der Waals surface area contributed by atoms with Gasteiger partial charge in [0.2, 0.25) is 0 Å². The molecule has 1 unspecified atom stereocenters. The molecule has 0 radical (unpaired) electrons. The van der Waals surface area contributed by atoms with Gasteiger partial charge in [0.1, 0.15) is 5.82 Å². The summed E-state index contributed by atoms with van der Waals surface area (Å²) in [6.07, 6.45) is 4.18. The van der Waals surface area contributed by atoms with Crippen molar-refractivity contribution in [1.82, 2.24) is 20.5 Å². The number of nitrogens with zero attached hydrogens (tertiary/aromatic N) is 3. The van der Waals surface area contributed by atoms with Crippen molar-refractivity contribution >= 4 is 35.8 Å². The van der Waals surface area contributed by atoms with Crippen LogP contribution in [0.3, 0.4) is 0 Å². The first-order valence-electron chi connectivity index (χ1n) is 10.1. The Kier molecular flexibility index (Phi) is 13.2. The number of halogens is 1. The quantitative estimate of drug-likeness (QED) is 0.197. The molecule has 1 aromatic rings. The van der Waals surface area contributed by atoms with Gasteiger partial charge in [-0.3, -0.25) is 9.89 Å². The van der Waals surface area contributed by atoms with Gasteiger partial charge in [-0.05, 0) is 30.9 Å². The predicted molar refractivity (Wildman–Crippen MR) is 128 cm³/mol. The molecule has 3 N–H and O–H groups in total. The molecule has 0 spiro atoms. The summed E-state index contributed by atoms with van der Waals surface area (Å²) >= 11 is 0. The molecular formula is C20H37IN6O. The molecule has 2 rings (SSSR count). The lowest BCUT2D eigenvalue weighted by atomic mass is 10.2. The second-order valence-corrected chi connectivity index (χ2v) is 7.37. The Bertz CT molecular complexity index is 543. The van der Waals surface area contributed by atoms with Gasteiger partial charge in [0, 0.05) is 52.5 Å². The number of guanidine groups is 1. The van der Waals surface area contributed by atoms with E-state index in [-0.39, 0.29) is 30.1 Å². The van der Waals surface area contributed by atoms with E-state index in [2.05, 4.69) is 44.7 Å². The molecule has 1 aliphatic heterocycles. The molecule has 0 amide bonds. The van der Waals surface area contributed by atoms with Crippen LogP contribution in [0.25, 0.3) is 0 Å². The SMILES string of the molecule is CN=C(NCCCCNc1ccccn1)NCC1CN(CC(C)C)CCO1.I. The number of unbranched alkanes of at least 4 members (excludes halogenated alkanes) is 1. The molecule has 7 nitrogen and oxygen atoms in total. The van der Waals surface area contributed by atoms with Gasteiger partial charge in [0.25, 0.3) is 0 Å². The summed E-state index contributed by atoms with van der Waals surface area (Å²) in [6.45, 7) is 11.1. The molecule has 8 heteroatoms. The Labute approximate surface area is 187 Å². The van der Waals surface area contributed by atoms with Gasteiger partial charge in [-0.2, -0.15) is 0 Å². The van der Waals surface area contributed by atoms with Crippen molar-refractivity contribution < 1.29 is 4.74 Å². The van der Waals surface area contributed by atoms with Gasteiger partial charge in [-0.1, -0.05) is 19.9 Å². The van der Waals surface area contributed by atoms with Crippen molar-refractivity contribution in [3.63, 3.8) is 0 Å². The first kappa shape index (κ1) is 24.9. The minimum absolute atomic E-state index is 0. The summed E-state index contributed by atoms with van der Waals surface area (Å²) in [5.74, 6) is 2.47. The Morgan fingerprint density at radius 3 is 2.82 bits per heavy atom. The highest BCUT2D eigenvalue weighted by Crippen LogP contribution is 2.07. The molecule has 0 bridgehead atoms. The van der Waals surface area contributed by atoms with Crippen molar-refractivity contribution in [1.29, 1.82) is 0 Å². The fourth-order valence-corrected chi connectivity index (χ4v) is 3.16. The Hall–Kier alpha value is -1.13. The predicted octanol–water partition coefficient (Wildman–Crippen LogP) is 2.41. The Morgan fingerprint density at radius 1 is 1.29 bits per heavy atom. The van der Waals surface area contributed by atoms with Gasteiger partial charge < -0.3 is 20.7 Å². The van der Waals surface area contributed by atoms with E-state index < -0.39 is 0 Å². The van der Waals surface area contributed by atoms with Crippen molar-refractivity contribution in [3.05, 3.63) is 24.4 Å². The van der Waals surface area contributed by atoms with E-state index in [0.717, 1.165) is 70.5 Å². The van der Waals surface area contributed by atoms with Crippen LogP contribution < -0.4 is 16.0 Å². The average molecular weight is 504 g/mol. The van der Waals surface area contributed by atoms with Gasteiger partial charge in [-0.15, -0.1) is 24.0 Å². The Balaban J connectivity index is 0.00000392. The first-order chi connectivity index (χ1) is 13.2. The lowest BCUT2D eigenvalue weighted by Crippen LogP contribution is -2.50. The highest BCUT2D eigenvalue weighted by atomic mass is 127. The van der Waals surface area contributed by atoms with Crippen molar-refractivity contribution in [2.24, 2.45) is 10.9 Å². The molecule has 1 saturated heterocycles. The third-order valence-corrected chi connectivity index (χ3v) is 4.43. The zero-order valence-corrected chi connectivity index (χ0v) is 19.8. The molecular weight excluding hydrogens is 467 g/mol. The fourth-order valence-electron chi connectivity index (χ4n) is 3.16. The van der Waals surface area contributed by atoms with Gasteiger partial charge in [0.15, 0.2) is 5.96 Å². The number of nitrogens with one attached hydrogen (secondary N) is 3. The second kappa shape index (κ2) is 14.8. The van der Waals surface area contributed by atoms with Crippen LogP contribution in [-0.2, 0) is 4.74 Å². The maximum atomic E-state index is 5.88. The van der Waals surface area contributed by atoms with E-state index in [0.29, 0.717) is 5.92 Å². The van der Waals surface area contributed by atoms with E-state index in [1.807, 2.05) is 25.2 Å². The highest BCUT2D eigenvalue weighted by molar-refractivity contribution is 14.0. The number of hydrogen-bond donors (Lipinski definition) is 3. The fraction of sp³-hybridized carbons (Fsp3) is 0.700. The first-order valence-corrected chi connectivity index (χ1v) is 10.1. The lowest BCUT2D eigenvalue weighted by Gasteiger charge is -2.34. The summed E-state index contributed by atoms with van der Waals surface area (Å²) in [4.78, 5) is 11.1. The highest BCUT2D eigenvalue weighted by Gasteiger charge is 2.20. The third-order valence-electron chi connectivity index (χ3n) is 4.43. The molecule has 0 aromatic carbocycles. The lowest BCUT2D eigenvalue weighted by molar-refractivity contribution is -0.0284. The van der Waals surface area contributed by atoms with Crippen LogP contribution in [-0.4, -0.2) is 74.9 Å². The standard InChI is InChI=1S/C20H36N6O.HI/c1-17(2)15-26-12-13-27-18(16-26)14-25-20(21-3)24-11-7-6-10-23-19-8-4-5-9-22-19;/h4-5,8-9,17-18H,6-7,10-16H2,1-3H3,(H,22,23)(H2,21,24,25);1H. The van der Waals surface area contributed by atoms with E-state index >= 15 is 0 Å². The largest absolute Gasteiger partial charge is 0.374 e. The maximum Gasteiger partial charge on any atom is 0.191 e. The zero-order valence-electron chi connectivity index (χ0n) is 17.5. The van der Waals surface area contributed by atoms with Crippen LogP contribution in [0.15, 0.2) is 29.4 Å². The normalized spacial score (nSPS) is 17.9. The van der Waals surface area contributed by atoms with Crippen LogP contribution in [0, 0.1) is 5.92 Å². The second-order valence-electron chi connectivity index (χ2n) is 7.37. The number of rotatable bonds is 10.